The van der Waals surface area contributed by atoms with Gasteiger partial charge in [0.15, 0.2) is 11.6 Å². The van der Waals surface area contributed by atoms with Gasteiger partial charge in [0.25, 0.3) is 0 Å². The van der Waals surface area contributed by atoms with E-state index >= 15 is 0 Å². The third kappa shape index (κ3) is 4.94. The van der Waals surface area contributed by atoms with Crippen molar-refractivity contribution in [3.8, 4) is 17.6 Å². The van der Waals surface area contributed by atoms with Crippen LogP contribution in [0.1, 0.15) is 11.1 Å². The molecular formula is C18H18FNO. The molecule has 2 nitrogen and oxygen atoms in total. The third-order valence-corrected chi connectivity index (χ3v) is 2.80. The Labute approximate surface area is 125 Å². The first-order valence-corrected chi connectivity index (χ1v) is 6.75. The van der Waals surface area contributed by atoms with Crippen molar-refractivity contribution >= 4 is 0 Å². The van der Waals surface area contributed by atoms with Gasteiger partial charge in [-0.3, -0.25) is 4.90 Å². The van der Waals surface area contributed by atoms with Gasteiger partial charge in [0.1, 0.15) is 6.61 Å². The average molecular weight is 283 g/mol. The van der Waals surface area contributed by atoms with Gasteiger partial charge in [-0.05, 0) is 37.9 Å². The molecular weight excluding hydrogens is 265 g/mol. The summed E-state index contributed by atoms with van der Waals surface area (Å²) in [5, 5.41) is 0. The monoisotopic (exact) mass is 283 g/mol. The van der Waals surface area contributed by atoms with Crippen LogP contribution in [0.2, 0.25) is 0 Å². The van der Waals surface area contributed by atoms with Gasteiger partial charge in [0.2, 0.25) is 0 Å². The zero-order valence-corrected chi connectivity index (χ0v) is 12.3. The van der Waals surface area contributed by atoms with Crippen LogP contribution in [0.3, 0.4) is 0 Å². The van der Waals surface area contributed by atoms with Crippen molar-refractivity contribution in [1.82, 2.24) is 4.90 Å². The van der Waals surface area contributed by atoms with Crippen LogP contribution in [0, 0.1) is 17.7 Å². The Kier molecular flexibility index (Phi) is 5.36. The van der Waals surface area contributed by atoms with Crippen molar-refractivity contribution in [2.24, 2.45) is 0 Å². The van der Waals surface area contributed by atoms with Crippen LogP contribution in [0.5, 0.6) is 5.75 Å². The van der Waals surface area contributed by atoms with Crippen LogP contribution in [-0.2, 0) is 6.61 Å². The van der Waals surface area contributed by atoms with Gasteiger partial charge in [-0.1, -0.05) is 42.2 Å². The van der Waals surface area contributed by atoms with E-state index in [0.29, 0.717) is 18.7 Å². The van der Waals surface area contributed by atoms with Crippen LogP contribution in [0.4, 0.5) is 4.39 Å². The zero-order valence-electron chi connectivity index (χ0n) is 12.3. The van der Waals surface area contributed by atoms with Crippen LogP contribution < -0.4 is 4.74 Å². The maximum absolute atomic E-state index is 13.9. The van der Waals surface area contributed by atoms with Gasteiger partial charge in [0.05, 0.1) is 6.54 Å². The fourth-order valence-corrected chi connectivity index (χ4v) is 1.73. The summed E-state index contributed by atoms with van der Waals surface area (Å²) in [4.78, 5) is 1.96. The van der Waals surface area contributed by atoms with E-state index < -0.39 is 0 Å². The van der Waals surface area contributed by atoms with E-state index in [0.717, 1.165) is 5.56 Å². The van der Waals surface area contributed by atoms with Crippen LogP contribution in [0.15, 0.2) is 48.5 Å². The van der Waals surface area contributed by atoms with Crippen molar-refractivity contribution in [2.45, 2.75) is 6.61 Å². The number of halogens is 1. The highest BCUT2D eigenvalue weighted by Gasteiger charge is 2.04. The molecule has 2 rings (SSSR count). The highest BCUT2D eigenvalue weighted by Crippen LogP contribution is 2.19. The van der Waals surface area contributed by atoms with Gasteiger partial charge in [-0.25, -0.2) is 4.39 Å². The number of hydrogen-bond acceptors (Lipinski definition) is 2. The summed E-state index contributed by atoms with van der Waals surface area (Å²) in [6, 6.07) is 14.5. The van der Waals surface area contributed by atoms with Crippen molar-refractivity contribution in [2.75, 3.05) is 20.6 Å². The smallest absolute Gasteiger partial charge is 0.166 e. The molecule has 0 atom stereocenters. The summed E-state index contributed by atoms with van der Waals surface area (Å²) in [5.74, 6) is 5.77. The minimum absolute atomic E-state index is 0.247. The molecule has 0 aliphatic carbocycles. The average Bonchev–Trinajstić information content (AvgIpc) is 2.47. The molecule has 0 N–H and O–H groups in total. The van der Waals surface area contributed by atoms with Gasteiger partial charge in [-0.2, -0.15) is 0 Å². The quantitative estimate of drug-likeness (QED) is 0.798. The second-order valence-electron chi connectivity index (χ2n) is 4.96. The van der Waals surface area contributed by atoms with E-state index in [1.165, 1.54) is 6.07 Å². The van der Waals surface area contributed by atoms with Gasteiger partial charge >= 0.3 is 0 Å². The Balaban J connectivity index is 2.00. The number of hydrogen-bond donors (Lipinski definition) is 0. The van der Waals surface area contributed by atoms with E-state index in [9.17, 15) is 4.39 Å². The zero-order chi connectivity index (χ0) is 15.1. The predicted molar refractivity (Wildman–Crippen MR) is 82.6 cm³/mol. The van der Waals surface area contributed by atoms with Crippen molar-refractivity contribution in [3.05, 3.63) is 65.5 Å². The maximum Gasteiger partial charge on any atom is 0.166 e. The second-order valence-corrected chi connectivity index (χ2v) is 4.96. The largest absolute Gasteiger partial charge is 0.486 e. The number of benzene rings is 2. The van der Waals surface area contributed by atoms with E-state index in [2.05, 4.69) is 11.8 Å². The molecule has 0 fully saturated rings. The summed E-state index contributed by atoms with van der Waals surface area (Å²) in [7, 11) is 3.88. The van der Waals surface area contributed by atoms with Crippen LogP contribution in [-0.4, -0.2) is 25.5 Å². The van der Waals surface area contributed by atoms with E-state index in [1.807, 2.05) is 49.3 Å². The molecule has 0 radical (unpaired) electrons. The maximum atomic E-state index is 13.9. The molecule has 0 heterocycles. The minimum Gasteiger partial charge on any atom is -0.486 e. The molecule has 3 heteroatoms. The minimum atomic E-state index is -0.386. The lowest BCUT2D eigenvalue weighted by molar-refractivity contribution is 0.290. The Morgan fingerprint density at radius 1 is 1.10 bits per heavy atom. The summed E-state index contributed by atoms with van der Waals surface area (Å²) in [6.45, 7) is 0.997. The van der Waals surface area contributed by atoms with Crippen molar-refractivity contribution < 1.29 is 9.13 Å². The van der Waals surface area contributed by atoms with Crippen LogP contribution in [0.25, 0.3) is 0 Å². The highest BCUT2D eigenvalue weighted by molar-refractivity contribution is 5.39. The van der Waals surface area contributed by atoms with Crippen molar-refractivity contribution in [3.63, 3.8) is 0 Å². The Morgan fingerprint density at radius 2 is 1.86 bits per heavy atom. The van der Waals surface area contributed by atoms with E-state index in [1.54, 1.807) is 12.1 Å². The van der Waals surface area contributed by atoms with Crippen LogP contribution >= 0.6 is 0 Å². The molecule has 0 saturated carbocycles. The summed E-state index contributed by atoms with van der Waals surface area (Å²) in [5.41, 5.74) is 1.66. The summed E-state index contributed by atoms with van der Waals surface area (Å²) in [6.07, 6.45) is 0. The summed E-state index contributed by atoms with van der Waals surface area (Å²) >= 11 is 0. The molecule has 0 aliphatic rings. The summed E-state index contributed by atoms with van der Waals surface area (Å²) < 4.78 is 19.4. The first kappa shape index (κ1) is 15.1. The van der Waals surface area contributed by atoms with Gasteiger partial charge < -0.3 is 4.74 Å². The molecule has 108 valence electrons. The molecule has 0 amide bonds. The number of nitrogens with zero attached hydrogens (tertiary/aromatic N) is 1. The standard InChI is InChI=1S/C18H18FNO/c1-20(2)12-6-9-15-10-11-18(17(19)13-15)21-14-16-7-4-3-5-8-16/h3-5,7-8,10-11,13H,12,14H2,1-2H3. The lowest BCUT2D eigenvalue weighted by Gasteiger charge is -2.07. The molecule has 0 aliphatic heterocycles. The lowest BCUT2D eigenvalue weighted by atomic mass is 10.2. The molecule has 0 unspecified atom stereocenters. The normalized spacial score (nSPS) is 10.1. The number of rotatable bonds is 4. The predicted octanol–water partition coefficient (Wildman–Crippen LogP) is 3.32. The molecule has 0 aromatic heterocycles. The molecule has 2 aromatic rings. The topological polar surface area (TPSA) is 12.5 Å². The first-order valence-electron chi connectivity index (χ1n) is 6.75. The molecule has 0 saturated heterocycles. The Bertz CT molecular complexity index is 641. The van der Waals surface area contributed by atoms with E-state index in [4.69, 9.17) is 4.74 Å². The molecule has 0 bridgehead atoms. The van der Waals surface area contributed by atoms with Gasteiger partial charge in [0, 0.05) is 5.56 Å². The number of ether oxygens (including phenoxy) is 1. The van der Waals surface area contributed by atoms with E-state index in [-0.39, 0.29) is 11.6 Å². The lowest BCUT2D eigenvalue weighted by Crippen LogP contribution is -2.10. The second kappa shape index (κ2) is 7.47. The SMILES string of the molecule is CN(C)CC#Cc1ccc(OCc2ccccc2)c(F)c1. The highest BCUT2D eigenvalue weighted by atomic mass is 19.1. The molecule has 0 spiro atoms. The first-order chi connectivity index (χ1) is 10.1. The van der Waals surface area contributed by atoms with Crippen molar-refractivity contribution in [1.29, 1.82) is 0 Å². The fraction of sp³-hybridized carbons (Fsp3) is 0.222. The third-order valence-electron chi connectivity index (χ3n) is 2.80. The van der Waals surface area contributed by atoms with Gasteiger partial charge in [-0.15, -0.1) is 0 Å². The fourth-order valence-electron chi connectivity index (χ4n) is 1.73. The molecule has 21 heavy (non-hydrogen) atoms. The Hall–Kier alpha value is -2.31. The molecule has 2 aromatic carbocycles. The Morgan fingerprint density at radius 3 is 2.52 bits per heavy atom.